The largest absolute Gasteiger partial charge is 0.512 e. The van der Waals surface area contributed by atoms with Gasteiger partial charge in [0.25, 0.3) is 0 Å². The smallest absolute Gasteiger partial charge is 0.224 e. The molecule has 1 aliphatic carbocycles. The summed E-state index contributed by atoms with van der Waals surface area (Å²) in [5, 5.41) is 12.0. The van der Waals surface area contributed by atoms with E-state index in [-0.39, 0.29) is 5.91 Å². The third-order valence-electron chi connectivity index (χ3n) is 2.30. The second-order valence-electron chi connectivity index (χ2n) is 3.20. The molecule has 0 atom stereocenters. The third kappa shape index (κ3) is 1.22. The van der Waals surface area contributed by atoms with Crippen molar-refractivity contribution in [3.05, 3.63) is 23.1 Å². The minimum absolute atomic E-state index is 0.0553. The second-order valence-corrected chi connectivity index (χ2v) is 3.20. The first-order chi connectivity index (χ1) is 5.75. The fraction of sp³-hybridized carbons (Fsp3) is 0.444. The van der Waals surface area contributed by atoms with Crippen molar-refractivity contribution in [3.63, 3.8) is 0 Å². The highest BCUT2D eigenvalue weighted by molar-refractivity contribution is 5.80. The van der Waals surface area contributed by atoms with E-state index in [9.17, 15) is 9.90 Å². The van der Waals surface area contributed by atoms with Crippen LogP contribution >= 0.6 is 0 Å². The van der Waals surface area contributed by atoms with Crippen LogP contribution in [0.25, 0.3) is 0 Å². The summed E-state index contributed by atoms with van der Waals surface area (Å²) in [5.41, 5.74) is 2.10. The van der Waals surface area contributed by atoms with Crippen LogP contribution in [0.3, 0.4) is 0 Å². The van der Waals surface area contributed by atoms with E-state index in [2.05, 4.69) is 5.32 Å². The first kappa shape index (κ1) is 7.40. The van der Waals surface area contributed by atoms with Crippen LogP contribution in [0.1, 0.15) is 25.7 Å². The van der Waals surface area contributed by atoms with E-state index in [1.807, 2.05) is 0 Å². The van der Waals surface area contributed by atoms with Gasteiger partial charge in [-0.05, 0) is 24.5 Å². The summed E-state index contributed by atoms with van der Waals surface area (Å²) in [5.74, 6) is 0.427. The molecule has 0 aromatic rings. The van der Waals surface area contributed by atoms with E-state index in [1.165, 1.54) is 5.57 Å². The van der Waals surface area contributed by atoms with E-state index in [0.717, 1.165) is 18.5 Å². The van der Waals surface area contributed by atoms with E-state index >= 15 is 0 Å². The average molecular weight is 165 g/mol. The van der Waals surface area contributed by atoms with Gasteiger partial charge in [-0.15, -0.1) is 0 Å². The van der Waals surface area contributed by atoms with Crippen molar-refractivity contribution in [1.82, 2.24) is 5.32 Å². The number of rotatable bonds is 0. The van der Waals surface area contributed by atoms with E-state index in [1.54, 1.807) is 6.08 Å². The Morgan fingerprint density at radius 3 is 2.83 bits per heavy atom. The molecule has 3 heteroatoms. The maximum absolute atomic E-state index is 11.0. The molecule has 2 rings (SSSR count). The normalized spacial score (nSPS) is 23.0. The highest BCUT2D eigenvalue weighted by atomic mass is 16.3. The Morgan fingerprint density at radius 1 is 1.25 bits per heavy atom. The molecular formula is C9H11NO2. The van der Waals surface area contributed by atoms with Crippen molar-refractivity contribution in [3.8, 4) is 0 Å². The van der Waals surface area contributed by atoms with Gasteiger partial charge in [0.15, 0.2) is 0 Å². The van der Waals surface area contributed by atoms with Gasteiger partial charge >= 0.3 is 0 Å². The number of nitrogens with one attached hydrogen (secondary N) is 1. The van der Waals surface area contributed by atoms with Gasteiger partial charge in [-0.3, -0.25) is 4.79 Å². The van der Waals surface area contributed by atoms with Crippen LogP contribution < -0.4 is 5.32 Å². The molecule has 0 saturated carbocycles. The predicted octanol–water partition coefficient (Wildman–Crippen LogP) is 1.39. The topological polar surface area (TPSA) is 49.3 Å². The minimum Gasteiger partial charge on any atom is -0.512 e. The van der Waals surface area contributed by atoms with Gasteiger partial charge in [0.1, 0.15) is 0 Å². The third-order valence-corrected chi connectivity index (χ3v) is 2.30. The second kappa shape index (κ2) is 2.66. The SMILES string of the molecule is O=C1CCC2=C(C=C(O)CC2)N1. The summed E-state index contributed by atoms with van der Waals surface area (Å²) in [6, 6.07) is 0. The Kier molecular flexibility index (Phi) is 1.64. The van der Waals surface area contributed by atoms with Gasteiger partial charge in [0, 0.05) is 18.5 Å². The van der Waals surface area contributed by atoms with Crippen molar-refractivity contribution in [2.75, 3.05) is 0 Å². The number of amides is 1. The van der Waals surface area contributed by atoms with Crippen LogP contribution in [0, 0.1) is 0 Å². The van der Waals surface area contributed by atoms with Crippen molar-refractivity contribution in [2.24, 2.45) is 0 Å². The van der Waals surface area contributed by atoms with Crippen molar-refractivity contribution in [1.29, 1.82) is 0 Å². The zero-order valence-corrected chi connectivity index (χ0v) is 6.76. The molecule has 1 amide bonds. The van der Waals surface area contributed by atoms with Crippen molar-refractivity contribution in [2.45, 2.75) is 25.7 Å². The lowest BCUT2D eigenvalue weighted by molar-refractivity contribution is -0.120. The van der Waals surface area contributed by atoms with Crippen LogP contribution in [-0.4, -0.2) is 11.0 Å². The molecule has 0 aromatic carbocycles. The van der Waals surface area contributed by atoms with Crippen LogP contribution in [-0.2, 0) is 4.79 Å². The highest BCUT2D eigenvalue weighted by Crippen LogP contribution is 2.27. The highest BCUT2D eigenvalue weighted by Gasteiger charge is 2.19. The number of allylic oxidation sites excluding steroid dienone is 3. The number of aliphatic hydroxyl groups is 1. The van der Waals surface area contributed by atoms with Crippen LogP contribution in [0.5, 0.6) is 0 Å². The molecule has 64 valence electrons. The molecule has 0 unspecified atom stereocenters. The molecule has 0 bridgehead atoms. The van der Waals surface area contributed by atoms with Crippen LogP contribution in [0.15, 0.2) is 23.1 Å². The standard InChI is InChI=1S/C9H11NO2/c11-7-3-1-6-2-4-9(12)10-8(6)5-7/h5,11H,1-4H2,(H,10,12). The molecule has 0 aromatic heterocycles. The monoisotopic (exact) mass is 165 g/mol. The Balaban J connectivity index is 2.28. The Hall–Kier alpha value is -1.25. The van der Waals surface area contributed by atoms with E-state index < -0.39 is 0 Å². The van der Waals surface area contributed by atoms with Gasteiger partial charge in [-0.25, -0.2) is 0 Å². The zero-order valence-electron chi connectivity index (χ0n) is 6.76. The number of carbonyl (C=O) groups excluding carboxylic acids is 1. The molecule has 2 aliphatic rings. The Morgan fingerprint density at radius 2 is 2.00 bits per heavy atom. The predicted molar refractivity (Wildman–Crippen MR) is 44.3 cm³/mol. The first-order valence-corrected chi connectivity index (χ1v) is 4.17. The summed E-state index contributed by atoms with van der Waals surface area (Å²) in [4.78, 5) is 11.0. The lowest BCUT2D eigenvalue weighted by atomic mass is 9.94. The molecule has 0 fully saturated rings. The lowest BCUT2D eigenvalue weighted by Gasteiger charge is -2.22. The summed E-state index contributed by atoms with van der Waals surface area (Å²) in [7, 11) is 0. The van der Waals surface area contributed by atoms with Crippen LogP contribution in [0.4, 0.5) is 0 Å². The summed E-state index contributed by atoms with van der Waals surface area (Å²) >= 11 is 0. The first-order valence-electron chi connectivity index (χ1n) is 4.17. The number of hydrogen-bond donors (Lipinski definition) is 2. The quantitative estimate of drug-likeness (QED) is 0.569. The fourth-order valence-corrected chi connectivity index (χ4v) is 1.62. The number of carbonyl (C=O) groups is 1. The van der Waals surface area contributed by atoms with Gasteiger partial charge in [0.05, 0.1) is 5.76 Å². The molecule has 2 N–H and O–H groups in total. The van der Waals surface area contributed by atoms with Crippen molar-refractivity contribution >= 4 is 5.91 Å². The van der Waals surface area contributed by atoms with Gasteiger partial charge in [0.2, 0.25) is 5.91 Å². The molecule has 0 saturated heterocycles. The maximum Gasteiger partial charge on any atom is 0.224 e. The van der Waals surface area contributed by atoms with Gasteiger partial charge in [-0.1, -0.05) is 0 Å². The molecule has 1 aliphatic heterocycles. The molecular weight excluding hydrogens is 154 g/mol. The Labute approximate surface area is 70.8 Å². The maximum atomic E-state index is 11.0. The van der Waals surface area contributed by atoms with Gasteiger partial charge in [-0.2, -0.15) is 0 Å². The summed E-state index contributed by atoms with van der Waals surface area (Å²) in [6.07, 6.45) is 4.71. The van der Waals surface area contributed by atoms with E-state index in [0.29, 0.717) is 18.6 Å². The van der Waals surface area contributed by atoms with Crippen LogP contribution in [0.2, 0.25) is 0 Å². The van der Waals surface area contributed by atoms with Gasteiger partial charge < -0.3 is 10.4 Å². The fourth-order valence-electron chi connectivity index (χ4n) is 1.62. The molecule has 1 heterocycles. The summed E-state index contributed by atoms with van der Waals surface area (Å²) in [6.45, 7) is 0. The molecule has 12 heavy (non-hydrogen) atoms. The lowest BCUT2D eigenvalue weighted by Crippen LogP contribution is -2.28. The number of hydrogen-bond acceptors (Lipinski definition) is 2. The van der Waals surface area contributed by atoms with E-state index in [4.69, 9.17) is 0 Å². The molecule has 0 spiro atoms. The Bertz CT molecular complexity index is 289. The molecule has 0 radical (unpaired) electrons. The van der Waals surface area contributed by atoms with Crippen molar-refractivity contribution < 1.29 is 9.90 Å². The zero-order chi connectivity index (χ0) is 8.55. The molecule has 3 nitrogen and oxygen atoms in total. The summed E-state index contributed by atoms with van der Waals surface area (Å²) < 4.78 is 0. The number of aliphatic hydroxyl groups excluding tert-OH is 1. The average Bonchev–Trinajstić information content (AvgIpc) is 2.03. The minimum atomic E-state index is 0.0553.